The number of carbonyl (C=O) groups excluding carboxylic acids is 1. The monoisotopic (exact) mass is 198 g/mol. The molecule has 0 aliphatic carbocycles. The molecule has 5 heteroatoms. The van der Waals surface area contributed by atoms with Crippen LogP contribution in [0.4, 0.5) is 0 Å². The summed E-state index contributed by atoms with van der Waals surface area (Å²) in [6, 6.07) is 0. The van der Waals surface area contributed by atoms with E-state index >= 15 is 0 Å². The van der Waals surface area contributed by atoms with Crippen molar-refractivity contribution in [2.24, 2.45) is 5.73 Å². The molecule has 1 heterocycles. The molecule has 1 aromatic rings. The van der Waals surface area contributed by atoms with Gasteiger partial charge in [0.15, 0.2) is 5.76 Å². The van der Waals surface area contributed by atoms with Gasteiger partial charge in [0.2, 0.25) is 0 Å². The molecule has 0 saturated heterocycles. The number of nitrogens with zero attached hydrogens (tertiary/aromatic N) is 1. The first kappa shape index (κ1) is 10.7. The Morgan fingerprint density at radius 2 is 2.36 bits per heavy atom. The highest BCUT2D eigenvalue weighted by molar-refractivity contribution is 5.91. The number of ether oxygens (including phenoxy) is 1. The lowest BCUT2D eigenvalue weighted by Crippen LogP contribution is -2.10. The van der Waals surface area contributed by atoms with Gasteiger partial charge in [0.25, 0.3) is 0 Å². The van der Waals surface area contributed by atoms with Crippen molar-refractivity contribution in [2.75, 3.05) is 13.2 Å². The molecule has 78 valence electrons. The summed E-state index contributed by atoms with van der Waals surface area (Å²) >= 11 is 0. The molecule has 5 nitrogen and oxygen atoms in total. The number of hydrogen-bond acceptors (Lipinski definition) is 5. The molecule has 0 saturated carbocycles. The standard InChI is InChI=1S/C9H14N2O3/c1-3-13-9(12)8-6(2)11-14-7(8)4-5-10/h3-5,10H2,1-2H3. The minimum absolute atomic E-state index is 0.339. The predicted molar refractivity (Wildman–Crippen MR) is 50.0 cm³/mol. The summed E-state index contributed by atoms with van der Waals surface area (Å²) in [4.78, 5) is 11.5. The second-order valence-corrected chi connectivity index (χ2v) is 2.83. The zero-order chi connectivity index (χ0) is 10.6. The highest BCUT2D eigenvalue weighted by Gasteiger charge is 2.20. The van der Waals surface area contributed by atoms with E-state index < -0.39 is 5.97 Å². The van der Waals surface area contributed by atoms with Crippen molar-refractivity contribution < 1.29 is 14.1 Å². The van der Waals surface area contributed by atoms with Crippen molar-refractivity contribution in [3.05, 3.63) is 17.0 Å². The van der Waals surface area contributed by atoms with Gasteiger partial charge in [-0.3, -0.25) is 0 Å². The fourth-order valence-corrected chi connectivity index (χ4v) is 1.18. The Morgan fingerprint density at radius 1 is 1.64 bits per heavy atom. The van der Waals surface area contributed by atoms with Gasteiger partial charge < -0.3 is 15.0 Å². The third kappa shape index (κ3) is 2.11. The first-order chi connectivity index (χ1) is 6.70. The van der Waals surface area contributed by atoms with Crippen molar-refractivity contribution >= 4 is 5.97 Å². The maximum atomic E-state index is 11.5. The summed E-state index contributed by atoms with van der Waals surface area (Å²) < 4.78 is 9.85. The van der Waals surface area contributed by atoms with Gasteiger partial charge in [-0.25, -0.2) is 4.79 Å². The number of aryl methyl sites for hydroxylation is 1. The summed E-state index contributed by atoms with van der Waals surface area (Å²) in [6.45, 7) is 4.21. The lowest BCUT2D eigenvalue weighted by atomic mass is 10.1. The van der Waals surface area contributed by atoms with Crippen molar-refractivity contribution in [2.45, 2.75) is 20.3 Å². The third-order valence-corrected chi connectivity index (χ3v) is 1.78. The van der Waals surface area contributed by atoms with Crippen LogP contribution < -0.4 is 5.73 Å². The van der Waals surface area contributed by atoms with Crippen molar-refractivity contribution in [3.63, 3.8) is 0 Å². The number of hydrogen-bond donors (Lipinski definition) is 1. The van der Waals surface area contributed by atoms with Gasteiger partial charge in [0.05, 0.1) is 12.3 Å². The number of carbonyl (C=O) groups is 1. The topological polar surface area (TPSA) is 78.3 Å². The molecule has 0 aromatic carbocycles. The van der Waals surface area contributed by atoms with Crippen LogP contribution in [0.1, 0.15) is 28.7 Å². The maximum Gasteiger partial charge on any atom is 0.343 e. The Bertz CT molecular complexity index is 320. The SMILES string of the molecule is CCOC(=O)c1c(C)noc1CCN. The fraction of sp³-hybridized carbons (Fsp3) is 0.556. The summed E-state index contributed by atoms with van der Waals surface area (Å²) in [7, 11) is 0. The fourth-order valence-electron chi connectivity index (χ4n) is 1.18. The molecular formula is C9H14N2O3. The molecule has 0 aliphatic rings. The molecule has 0 amide bonds. The predicted octanol–water partition coefficient (Wildman–Crippen LogP) is 0.661. The van der Waals surface area contributed by atoms with E-state index in [4.69, 9.17) is 15.0 Å². The highest BCUT2D eigenvalue weighted by Crippen LogP contribution is 2.15. The summed E-state index contributed by atoms with van der Waals surface area (Å²) in [5.41, 5.74) is 6.34. The van der Waals surface area contributed by atoms with E-state index in [9.17, 15) is 4.79 Å². The molecule has 14 heavy (non-hydrogen) atoms. The first-order valence-corrected chi connectivity index (χ1v) is 4.53. The molecule has 0 unspecified atom stereocenters. The van der Waals surface area contributed by atoms with Gasteiger partial charge >= 0.3 is 5.97 Å². The highest BCUT2D eigenvalue weighted by atomic mass is 16.5. The molecule has 0 radical (unpaired) electrons. The van der Waals surface area contributed by atoms with Gasteiger partial charge in [-0.15, -0.1) is 0 Å². The Balaban J connectivity index is 2.92. The number of aromatic nitrogens is 1. The largest absolute Gasteiger partial charge is 0.462 e. The molecular weight excluding hydrogens is 184 g/mol. The zero-order valence-electron chi connectivity index (χ0n) is 8.37. The lowest BCUT2D eigenvalue weighted by Gasteiger charge is -2.00. The van der Waals surface area contributed by atoms with Gasteiger partial charge in [-0.05, 0) is 20.4 Å². The molecule has 0 atom stereocenters. The van der Waals surface area contributed by atoms with Crippen LogP contribution in [-0.2, 0) is 11.2 Å². The van der Waals surface area contributed by atoms with Gasteiger partial charge in [-0.2, -0.15) is 0 Å². The second kappa shape index (κ2) is 4.76. The molecule has 0 aliphatic heterocycles. The van der Waals surface area contributed by atoms with Gasteiger partial charge in [0, 0.05) is 6.42 Å². The molecule has 2 N–H and O–H groups in total. The minimum Gasteiger partial charge on any atom is -0.462 e. The van der Waals surface area contributed by atoms with E-state index in [2.05, 4.69) is 5.16 Å². The molecule has 0 bridgehead atoms. The van der Waals surface area contributed by atoms with E-state index in [1.54, 1.807) is 13.8 Å². The third-order valence-electron chi connectivity index (χ3n) is 1.78. The minimum atomic E-state index is -0.394. The average molecular weight is 198 g/mol. The van der Waals surface area contributed by atoms with Crippen LogP contribution in [0.25, 0.3) is 0 Å². The summed E-state index contributed by atoms with van der Waals surface area (Å²) in [5, 5.41) is 3.71. The molecule has 1 aromatic heterocycles. The van der Waals surface area contributed by atoms with Crippen LogP contribution in [0.3, 0.4) is 0 Å². The van der Waals surface area contributed by atoms with E-state index in [1.807, 2.05) is 0 Å². The Hall–Kier alpha value is -1.36. The number of esters is 1. The Labute approximate surface area is 82.2 Å². The quantitative estimate of drug-likeness (QED) is 0.719. The molecule has 0 fully saturated rings. The van der Waals surface area contributed by atoms with Gasteiger partial charge in [0.1, 0.15) is 5.56 Å². The van der Waals surface area contributed by atoms with Gasteiger partial charge in [-0.1, -0.05) is 5.16 Å². The Morgan fingerprint density at radius 3 is 2.93 bits per heavy atom. The van der Waals surface area contributed by atoms with Crippen LogP contribution >= 0.6 is 0 Å². The van der Waals surface area contributed by atoms with E-state index in [-0.39, 0.29) is 0 Å². The molecule has 1 rings (SSSR count). The molecule has 0 spiro atoms. The van der Waals surface area contributed by atoms with Crippen LogP contribution in [-0.4, -0.2) is 24.3 Å². The summed E-state index contributed by atoms with van der Waals surface area (Å²) in [6.07, 6.45) is 0.495. The van der Waals surface area contributed by atoms with E-state index in [0.29, 0.717) is 36.6 Å². The maximum absolute atomic E-state index is 11.5. The number of rotatable bonds is 4. The number of nitrogens with two attached hydrogens (primary N) is 1. The smallest absolute Gasteiger partial charge is 0.343 e. The van der Waals surface area contributed by atoms with Crippen LogP contribution in [0.2, 0.25) is 0 Å². The van der Waals surface area contributed by atoms with Crippen LogP contribution in [0, 0.1) is 6.92 Å². The Kier molecular flexibility index (Phi) is 3.64. The van der Waals surface area contributed by atoms with Crippen molar-refractivity contribution in [1.82, 2.24) is 5.16 Å². The lowest BCUT2D eigenvalue weighted by molar-refractivity contribution is 0.0523. The normalized spacial score (nSPS) is 10.2. The second-order valence-electron chi connectivity index (χ2n) is 2.83. The van der Waals surface area contributed by atoms with Crippen molar-refractivity contribution in [1.29, 1.82) is 0 Å². The van der Waals surface area contributed by atoms with Crippen molar-refractivity contribution in [3.8, 4) is 0 Å². The first-order valence-electron chi connectivity index (χ1n) is 4.53. The van der Waals surface area contributed by atoms with E-state index in [0.717, 1.165) is 0 Å². The zero-order valence-corrected chi connectivity index (χ0v) is 8.37. The van der Waals surface area contributed by atoms with Crippen LogP contribution in [0.5, 0.6) is 0 Å². The average Bonchev–Trinajstić information content (AvgIpc) is 2.48. The van der Waals surface area contributed by atoms with E-state index in [1.165, 1.54) is 0 Å². The summed E-state index contributed by atoms with van der Waals surface area (Å²) in [5.74, 6) is 0.109. The van der Waals surface area contributed by atoms with Crippen LogP contribution in [0.15, 0.2) is 4.52 Å².